The Kier molecular flexibility index (Phi) is 4.54. The molecule has 0 aromatic carbocycles. The van der Waals surface area contributed by atoms with E-state index in [2.05, 4.69) is 15.0 Å². The predicted octanol–water partition coefficient (Wildman–Crippen LogP) is 0.950. The zero-order chi connectivity index (χ0) is 13.9. The Morgan fingerprint density at radius 2 is 2.21 bits per heavy atom. The van der Waals surface area contributed by atoms with Crippen LogP contribution >= 0.6 is 0 Å². The summed E-state index contributed by atoms with van der Waals surface area (Å²) in [4.78, 5) is 4.14. The lowest BCUT2D eigenvalue weighted by molar-refractivity contribution is 0.523. The molecule has 1 fully saturated rings. The summed E-state index contributed by atoms with van der Waals surface area (Å²) in [7, 11) is -3.07. The van der Waals surface area contributed by atoms with E-state index in [1.54, 1.807) is 6.20 Å². The molecule has 0 unspecified atom stereocenters. The van der Waals surface area contributed by atoms with Gasteiger partial charge in [0.15, 0.2) is 0 Å². The van der Waals surface area contributed by atoms with Gasteiger partial charge in [0.1, 0.15) is 0 Å². The highest BCUT2D eigenvalue weighted by Gasteiger charge is 2.35. The summed E-state index contributed by atoms with van der Waals surface area (Å²) in [6.45, 7) is 5.08. The highest BCUT2D eigenvalue weighted by Crippen LogP contribution is 2.27. The number of hydrogen-bond donors (Lipinski definition) is 2. The molecule has 1 aliphatic carbocycles. The lowest BCUT2D eigenvalue weighted by atomic mass is 10.2. The van der Waals surface area contributed by atoms with Crippen LogP contribution in [0.3, 0.4) is 0 Å². The van der Waals surface area contributed by atoms with Crippen molar-refractivity contribution >= 4 is 10.0 Å². The normalized spacial score (nSPS) is 17.4. The number of pyridine rings is 1. The lowest BCUT2D eigenvalue weighted by Gasteiger charge is -2.15. The highest BCUT2D eigenvalue weighted by atomic mass is 32.2. The monoisotopic (exact) mass is 283 g/mol. The maximum absolute atomic E-state index is 11.7. The molecule has 6 heteroatoms. The number of nitrogens with one attached hydrogen (secondary N) is 2. The van der Waals surface area contributed by atoms with Crippen molar-refractivity contribution in [1.82, 2.24) is 15.0 Å². The van der Waals surface area contributed by atoms with Gasteiger partial charge in [0, 0.05) is 31.0 Å². The molecule has 1 atom stereocenters. The third kappa shape index (κ3) is 4.56. The van der Waals surface area contributed by atoms with Crippen molar-refractivity contribution in [1.29, 1.82) is 0 Å². The molecule has 1 aromatic heterocycles. The fourth-order valence-corrected chi connectivity index (χ4v) is 3.29. The van der Waals surface area contributed by atoms with Crippen LogP contribution in [0.5, 0.6) is 0 Å². The number of rotatable bonds is 7. The molecule has 0 aliphatic heterocycles. The zero-order valence-corrected chi connectivity index (χ0v) is 12.2. The van der Waals surface area contributed by atoms with Gasteiger partial charge in [-0.05, 0) is 44.4 Å². The average molecular weight is 283 g/mol. The number of aryl methyl sites for hydroxylation is 1. The van der Waals surface area contributed by atoms with Gasteiger partial charge < -0.3 is 5.32 Å². The van der Waals surface area contributed by atoms with E-state index in [0.717, 1.165) is 30.6 Å². The van der Waals surface area contributed by atoms with Crippen LogP contribution in [-0.2, 0) is 16.6 Å². The molecular weight excluding hydrogens is 262 g/mol. The van der Waals surface area contributed by atoms with Gasteiger partial charge >= 0.3 is 0 Å². The molecule has 5 nitrogen and oxygen atoms in total. The minimum absolute atomic E-state index is 0.0991. The van der Waals surface area contributed by atoms with Gasteiger partial charge in [-0.3, -0.25) is 4.98 Å². The summed E-state index contributed by atoms with van der Waals surface area (Å²) < 4.78 is 26.0. The van der Waals surface area contributed by atoms with Gasteiger partial charge in [-0.2, -0.15) is 0 Å². The minimum atomic E-state index is -3.07. The molecule has 0 amide bonds. The van der Waals surface area contributed by atoms with E-state index in [1.807, 2.05) is 26.0 Å². The Bertz CT molecular complexity index is 526. The maximum Gasteiger partial charge on any atom is 0.214 e. The van der Waals surface area contributed by atoms with Crippen LogP contribution in [0, 0.1) is 6.92 Å². The smallest absolute Gasteiger partial charge is 0.214 e. The molecule has 1 saturated carbocycles. The summed E-state index contributed by atoms with van der Waals surface area (Å²) >= 11 is 0. The van der Waals surface area contributed by atoms with Crippen molar-refractivity contribution in [2.45, 2.75) is 44.5 Å². The molecule has 106 valence electrons. The van der Waals surface area contributed by atoms with E-state index in [-0.39, 0.29) is 11.3 Å². The van der Waals surface area contributed by atoms with E-state index in [1.165, 1.54) is 0 Å². The molecule has 0 saturated heterocycles. The SMILES string of the molecule is Cc1cc(CN[C@H](C)CNS(=O)(=O)C2CC2)ccn1. The topological polar surface area (TPSA) is 71.1 Å². The van der Waals surface area contributed by atoms with E-state index < -0.39 is 10.0 Å². The Hall–Kier alpha value is -0.980. The second kappa shape index (κ2) is 5.98. The summed E-state index contributed by atoms with van der Waals surface area (Å²) in [6, 6.07) is 4.08. The number of hydrogen-bond acceptors (Lipinski definition) is 4. The fraction of sp³-hybridized carbons (Fsp3) is 0.615. The summed E-state index contributed by atoms with van der Waals surface area (Å²) in [5, 5.41) is 3.15. The lowest BCUT2D eigenvalue weighted by Crippen LogP contribution is -2.39. The molecule has 0 bridgehead atoms. The second-order valence-electron chi connectivity index (χ2n) is 5.18. The van der Waals surface area contributed by atoms with Crippen molar-refractivity contribution in [3.05, 3.63) is 29.6 Å². The largest absolute Gasteiger partial charge is 0.309 e. The average Bonchev–Trinajstić information content (AvgIpc) is 3.18. The quantitative estimate of drug-likeness (QED) is 0.781. The molecule has 0 radical (unpaired) electrons. The Morgan fingerprint density at radius 3 is 2.84 bits per heavy atom. The van der Waals surface area contributed by atoms with Gasteiger partial charge in [0.05, 0.1) is 5.25 Å². The first-order chi connectivity index (χ1) is 8.97. The van der Waals surface area contributed by atoms with Crippen LogP contribution in [0.1, 0.15) is 31.0 Å². The molecule has 19 heavy (non-hydrogen) atoms. The van der Waals surface area contributed by atoms with Crippen molar-refractivity contribution in [3.63, 3.8) is 0 Å². The molecular formula is C13H21N3O2S. The van der Waals surface area contributed by atoms with Gasteiger partial charge in [-0.15, -0.1) is 0 Å². The molecule has 1 aromatic rings. The van der Waals surface area contributed by atoms with Crippen LogP contribution in [0.2, 0.25) is 0 Å². The van der Waals surface area contributed by atoms with Crippen LogP contribution in [0.25, 0.3) is 0 Å². The molecule has 2 N–H and O–H groups in total. The van der Waals surface area contributed by atoms with Crippen molar-refractivity contribution in [2.75, 3.05) is 6.54 Å². The Labute approximate surface area is 114 Å². The number of sulfonamides is 1. The minimum Gasteiger partial charge on any atom is -0.309 e. The van der Waals surface area contributed by atoms with Crippen LogP contribution < -0.4 is 10.0 Å². The highest BCUT2D eigenvalue weighted by molar-refractivity contribution is 7.90. The molecule has 1 heterocycles. The summed E-state index contributed by atoms with van der Waals surface area (Å²) in [5.41, 5.74) is 2.14. The second-order valence-corrected chi connectivity index (χ2v) is 7.23. The maximum atomic E-state index is 11.7. The standard InChI is InChI=1S/C13H21N3O2S/c1-10-7-12(5-6-14-10)9-15-11(2)8-16-19(17,18)13-3-4-13/h5-7,11,13,15-16H,3-4,8-9H2,1-2H3/t11-/m1/s1. The van der Waals surface area contributed by atoms with Crippen molar-refractivity contribution in [2.24, 2.45) is 0 Å². The molecule has 1 aliphatic rings. The summed E-state index contributed by atoms with van der Waals surface area (Å²) in [5.74, 6) is 0. The van der Waals surface area contributed by atoms with E-state index in [0.29, 0.717) is 6.54 Å². The van der Waals surface area contributed by atoms with Crippen LogP contribution in [0.4, 0.5) is 0 Å². The van der Waals surface area contributed by atoms with Crippen LogP contribution in [-0.4, -0.2) is 31.2 Å². The van der Waals surface area contributed by atoms with Gasteiger partial charge in [-0.25, -0.2) is 13.1 Å². The van der Waals surface area contributed by atoms with E-state index >= 15 is 0 Å². The third-order valence-corrected chi connectivity index (χ3v) is 5.09. The number of nitrogens with zero attached hydrogens (tertiary/aromatic N) is 1. The van der Waals surface area contributed by atoms with E-state index in [4.69, 9.17) is 0 Å². The fourth-order valence-electron chi connectivity index (χ4n) is 1.82. The van der Waals surface area contributed by atoms with E-state index in [9.17, 15) is 8.42 Å². The predicted molar refractivity (Wildman–Crippen MR) is 75.2 cm³/mol. The first kappa shape index (κ1) is 14.4. The summed E-state index contributed by atoms with van der Waals surface area (Å²) in [6.07, 6.45) is 3.38. The van der Waals surface area contributed by atoms with Gasteiger partial charge in [0.25, 0.3) is 0 Å². The first-order valence-corrected chi connectivity index (χ1v) is 8.15. The van der Waals surface area contributed by atoms with Crippen molar-refractivity contribution in [3.8, 4) is 0 Å². The van der Waals surface area contributed by atoms with Gasteiger partial charge in [-0.1, -0.05) is 0 Å². The zero-order valence-electron chi connectivity index (χ0n) is 11.4. The Balaban J connectivity index is 1.74. The number of aromatic nitrogens is 1. The molecule has 0 spiro atoms. The Morgan fingerprint density at radius 1 is 1.47 bits per heavy atom. The van der Waals surface area contributed by atoms with Crippen LogP contribution in [0.15, 0.2) is 18.3 Å². The molecule has 2 rings (SSSR count). The van der Waals surface area contributed by atoms with Gasteiger partial charge in [0.2, 0.25) is 10.0 Å². The third-order valence-electron chi connectivity index (χ3n) is 3.17. The first-order valence-electron chi connectivity index (χ1n) is 6.61. The van der Waals surface area contributed by atoms with Crippen molar-refractivity contribution < 1.29 is 8.42 Å².